The van der Waals surface area contributed by atoms with E-state index in [0.717, 1.165) is 17.4 Å². The Kier molecular flexibility index (Phi) is 4.65. The van der Waals surface area contributed by atoms with Crippen molar-refractivity contribution in [2.45, 2.75) is 13.3 Å². The lowest BCUT2D eigenvalue weighted by Crippen LogP contribution is -1.87. The van der Waals surface area contributed by atoms with Crippen molar-refractivity contribution in [3.8, 4) is 11.8 Å². The highest BCUT2D eigenvalue weighted by molar-refractivity contribution is 5.77. The number of hydrogen-bond donors (Lipinski definition) is 0. The van der Waals surface area contributed by atoms with Gasteiger partial charge in [0.1, 0.15) is 6.29 Å². The van der Waals surface area contributed by atoms with Gasteiger partial charge in [-0.1, -0.05) is 23.0 Å². The average molecular weight is 213 g/mol. The van der Waals surface area contributed by atoms with E-state index in [4.69, 9.17) is 5.53 Å². The molecule has 1 aromatic rings. The molecule has 0 radical (unpaired) electrons. The summed E-state index contributed by atoms with van der Waals surface area (Å²) in [4.78, 5) is 13.2. The molecule has 80 valence electrons. The molecule has 1 rings (SSSR count). The third-order valence-electron chi connectivity index (χ3n) is 2.03. The standard InChI is InChI=1S/C12H11N3O/c1-10-8-11(5-6-12(10)9-16)4-2-3-7-14-15-13/h5-6,8-9H,3,7H2,1H3. The second-order valence-electron chi connectivity index (χ2n) is 3.20. The second-order valence-corrected chi connectivity index (χ2v) is 3.20. The third-order valence-corrected chi connectivity index (χ3v) is 2.03. The van der Waals surface area contributed by atoms with Crippen molar-refractivity contribution in [1.82, 2.24) is 0 Å². The number of nitrogens with zero attached hydrogens (tertiary/aromatic N) is 3. The smallest absolute Gasteiger partial charge is 0.150 e. The molecule has 4 heteroatoms. The van der Waals surface area contributed by atoms with Crippen LogP contribution in [0.4, 0.5) is 0 Å². The SMILES string of the molecule is Cc1cc(C#CCCN=[N+]=[N-])ccc1C=O. The fraction of sp³-hybridized carbons (Fsp3) is 0.250. The summed E-state index contributed by atoms with van der Waals surface area (Å²) < 4.78 is 0. The Labute approximate surface area is 93.9 Å². The number of hydrogen-bond acceptors (Lipinski definition) is 2. The first-order valence-electron chi connectivity index (χ1n) is 4.83. The zero-order chi connectivity index (χ0) is 11.8. The summed E-state index contributed by atoms with van der Waals surface area (Å²) in [5.74, 6) is 5.84. The number of aryl methyl sites for hydroxylation is 1. The van der Waals surface area contributed by atoms with Gasteiger partial charge in [0.25, 0.3) is 0 Å². The Morgan fingerprint density at radius 3 is 3.00 bits per heavy atom. The van der Waals surface area contributed by atoms with Crippen LogP contribution in [0.1, 0.15) is 27.9 Å². The predicted molar refractivity (Wildman–Crippen MR) is 62.1 cm³/mol. The fourth-order valence-corrected chi connectivity index (χ4v) is 1.20. The van der Waals surface area contributed by atoms with Gasteiger partial charge < -0.3 is 0 Å². The third kappa shape index (κ3) is 3.49. The molecule has 0 saturated heterocycles. The summed E-state index contributed by atoms with van der Waals surface area (Å²) in [6, 6.07) is 5.42. The van der Waals surface area contributed by atoms with Crippen LogP contribution in [-0.4, -0.2) is 12.8 Å². The van der Waals surface area contributed by atoms with Crippen molar-refractivity contribution in [3.63, 3.8) is 0 Å². The number of carbonyl (C=O) groups is 1. The number of aldehydes is 1. The molecule has 0 saturated carbocycles. The lowest BCUT2D eigenvalue weighted by molar-refractivity contribution is 0.112. The van der Waals surface area contributed by atoms with Gasteiger partial charge in [0.15, 0.2) is 0 Å². The zero-order valence-electron chi connectivity index (χ0n) is 8.97. The topological polar surface area (TPSA) is 65.8 Å². The number of benzene rings is 1. The van der Waals surface area contributed by atoms with Crippen LogP contribution in [0.25, 0.3) is 10.4 Å². The lowest BCUT2D eigenvalue weighted by atomic mass is 10.1. The van der Waals surface area contributed by atoms with E-state index in [1.165, 1.54) is 0 Å². The van der Waals surface area contributed by atoms with Gasteiger partial charge in [0.05, 0.1) is 0 Å². The average Bonchev–Trinajstić information content (AvgIpc) is 2.29. The molecule has 0 aromatic heterocycles. The molecule has 0 atom stereocenters. The van der Waals surface area contributed by atoms with Crippen molar-refractivity contribution in [2.75, 3.05) is 6.54 Å². The minimum atomic E-state index is 0.384. The molecule has 0 heterocycles. The van der Waals surface area contributed by atoms with Crippen LogP contribution in [0.15, 0.2) is 23.3 Å². The van der Waals surface area contributed by atoms with Gasteiger partial charge in [-0.3, -0.25) is 4.79 Å². The highest BCUT2D eigenvalue weighted by Crippen LogP contribution is 2.07. The molecule has 0 bridgehead atoms. The van der Waals surface area contributed by atoms with Crippen LogP contribution in [0.5, 0.6) is 0 Å². The van der Waals surface area contributed by atoms with E-state index in [2.05, 4.69) is 21.9 Å². The molecular weight excluding hydrogens is 202 g/mol. The Balaban J connectivity index is 2.70. The van der Waals surface area contributed by atoms with Crippen LogP contribution < -0.4 is 0 Å². The van der Waals surface area contributed by atoms with E-state index in [-0.39, 0.29) is 0 Å². The van der Waals surface area contributed by atoms with Gasteiger partial charge in [-0.2, -0.15) is 0 Å². The van der Waals surface area contributed by atoms with Gasteiger partial charge in [-0.15, -0.1) is 0 Å². The van der Waals surface area contributed by atoms with Gasteiger partial charge in [0, 0.05) is 29.0 Å². The normalized spacial score (nSPS) is 8.56. The molecule has 1 aromatic carbocycles. The van der Waals surface area contributed by atoms with Crippen molar-refractivity contribution < 1.29 is 4.79 Å². The molecule has 16 heavy (non-hydrogen) atoms. The minimum Gasteiger partial charge on any atom is -0.298 e. The van der Waals surface area contributed by atoms with Gasteiger partial charge in [-0.05, 0) is 30.2 Å². The van der Waals surface area contributed by atoms with E-state index in [9.17, 15) is 4.79 Å². The maximum atomic E-state index is 10.6. The minimum absolute atomic E-state index is 0.384. The summed E-state index contributed by atoms with van der Waals surface area (Å²) in [5, 5.41) is 3.38. The van der Waals surface area contributed by atoms with E-state index in [1.807, 2.05) is 13.0 Å². The molecule has 0 N–H and O–H groups in total. The molecule has 0 spiro atoms. The molecule has 0 aliphatic carbocycles. The quantitative estimate of drug-likeness (QED) is 0.190. The summed E-state index contributed by atoms with van der Waals surface area (Å²) >= 11 is 0. The van der Waals surface area contributed by atoms with E-state index >= 15 is 0 Å². The lowest BCUT2D eigenvalue weighted by Gasteiger charge is -1.97. The second kappa shape index (κ2) is 6.28. The zero-order valence-corrected chi connectivity index (χ0v) is 8.97. The van der Waals surface area contributed by atoms with Crippen molar-refractivity contribution in [1.29, 1.82) is 0 Å². The first kappa shape index (κ1) is 11.8. The van der Waals surface area contributed by atoms with Gasteiger partial charge in [0.2, 0.25) is 0 Å². The first-order chi connectivity index (χ1) is 7.77. The molecule has 0 aliphatic heterocycles. The van der Waals surface area contributed by atoms with E-state index < -0.39 is 0 Å². The highest BCUT2D eigenvalue weighted by Gasteiger charge is 1.96. The number of carbonyl (C=O) groups excluding carboxylic acids is 1. The summed E-state index contributed by atoms with van der Waals surface area (Å²) in [5.41, 5.74) is 10.5. The first-order valence-corrected chi connectivity index (χ1v) is 4.83. The van der Waals surface area contributed by atoms with Crippen LogP contribution in [0, 0.1) is 18.8 Å². The number of rotatable bonds is 3. The van der Waals surface area contributed by atoms with Crippen LogP contribution in [-0.2, 0) is 0 Å². The van der Waals surface area contributed by atoms with Crippen molar-refractivity contribution >= 4 is 6.29 Å². The van der Waals surface area contributed by atoms with Crippen LogP contribution in [0.2, 0.25) is 0 Å². The Morgan fingerprint density at radius 2 is 2.38 bits per heavy atom. The van der Waals surface area contributed by atoms with Gasteiger partial charge in [-0.25, -0.2) is 0 Å². The monoisotopic (exact) mass is 213 g/mol. The van der Waals surface area contributed by atoms with E-state index in [0.29, 0.717) is 18.5 Å². The Hall–Kier alpha value is -2.24. The summed E-state index contributed by atoms with van der Waals surface area (Å²) in [7, 11) is 0. The molecule has 0 amide bonds. The van der Waals surface area contributed by atoms with Gasteiger partial charge >= 0.3 is 0 Å². The Bertz CT molecular complexity index is 491. The summed E-state index contributed by atoms with van der Waals surface area (Å²) in [6.45, 7) is 2.25. The molecule has 0 fully saturated rings. The molecular formula is C12H11N3O. The maximum absolute atomic E-state index is 10.6. The maximum Gasteiger partial charge on any atom is 0.150 e. The fourth-order valence-electron chi connectivity index (χ4n) is 1.20. The molecule has 4 nitrogen and oxygen atoms in total. The van der Waals surface area contributed by atoms with Crippen molar-refractivity contribution in [2.24, 2.45) is 5.11 Å². The van der Waals surface area contributed by atoms with Crippen LogP contribution >= 0.6 is 0 Å². The molecule has 0 unspecified atom stereocenters. The highest BCUT2D eigenvalue weighted by atomic mass is 16.1. The van der Waals surface area contributed by atoms with Crippen molar-refractivity contribution in [3.05, 3.63) is 45.3 Å². The van der Waals surface area contributed by atoms with Crippen LogP contribution in [0.3, 0.4) is 0 Å². The summed E-state index contributed by atoms with van der Waals surface area (Å²) in [6.07, 6.45) is 1.37. The molecule has 0 aliphatic rings. The Morgan fingerprint density at radius 1 is 1.56 bits per heavy atom. The largest absolute Gasteiger partial charge is 0.298 e. The van der Waals surface area contributed by atoms with E-state index in [1.54, 1.807) is 12.1 Å². The predicted octanol–water partition coefficient (Wildman–Crippen LogP) is 2.86. The number of azide groups is 1.